The Labute approximate surface area is 173 Å². The molecule has 0 radical (unpaired) electrons. The molecule has 1 aliphatic heterocycles. The third-order valence-electron chi connectivity index (χ3n) is 4.74. The molecule has 1 aliphatic rings. The van der Waals surface area contributed by atoms with Crippen molar-refractivity contribution >= 4 is 34.8 Å². The van der Waals surface area contributed by atoms with Crippen LogP contribution in [0.2, 0.25) is 10.0 Å². The minimum absolute atomic E-state index is 0.0419. The quantitative estimate of drug-likeness (QED) is 0.619. The number of halogens is 2. The van der Waals surface area contributed by atoms with Gasteiger partial charge in [0.1, 0.15) is 24.1 Å². The molecule has 28 heavy (non-hydrogen) atoms. The Bertz CT molecular complexity index is 902. The molecular weight excluding hydrogens is 403 g/mol. The molecule has 0 aliphatic carbocycles. The first-order chi connectivity index (χ1) is 13.1. The van der Waals surface area contributed by atoms with E-state index in [4.69, 9.17) is 27.9 Å². The molecule has 2 aromatic carbocycles. The number of carbonyl (C=O) groups is 1. The van der Waals surface area contributed by atoms with Gasteiger partial charge < -0.3 is 24.7 Å². The van der Waals surface area contributed by atoms with Gasteiger partial charge in [0.2, 0.25) is 0 Å². The molecule has 0 aromatic heterocycles. The third-order valence-corrected chi connectivity index (χ3v) is 5.48. The predicted octanol–water partition coefficient (Wildman–Crippen LogP) is 3.38. The Morgan fingerprint density at radius 3 is 2.68 bits per heavy atom. The first-order valence-corrected chi connectivity index (χ1v) is 9.64. The van der Waals surface area contributed by atoms with Crippen LogP contribution in [-0.2, 0) is 11.2 Å². The first kappa shape index (κ1) is 20.7. The van der Waals surface area contributed by atoms with E-state index in [0.29, 0.717) is 38.1 Å². The number of nitrogens with one attached hydrogen (secondary N) is 1. The number of aromatic hydroxyl groups is 1. The third kappa shape index (κ3) is 4.89. The molecule has 0 bridgehead atoms. The van der Waals surface area contributed by atoms with E-state index >= 15 is 0 Å². The number of likely N-dealkylation sites (N-methyl/N-ethyl adjacent to an activating group) is 1. The van der Waals surface area contributed by atoms with Crippen LogP contribution >= 0.6 is 23.2 Å². The van der Waals surface area contributed by atoms with Crippen molar-refractivity contribution in [2.45, 2.75) is 12.5 Å². The highest BCUT2D eigenvalue weighted by Gasteiger charge is 2.28. The summed E-state index contributed by atoms with van der Waals surface area (Å²) in [6, 6.07) is 8.45. The van der Waals surface area contributed by atoms with Gasteiger partial charge in [-0.2, -0.15) is 0 Å². The van der Waals surface area contributed by atoms with E-state index in [-0.39, 0.29) is 18.3 Å². The topological polar surface area (TPSA) is 78.8 Å². The Kier molecular flexibility index (Phi) is 6.05. The zero-order chi connectivity index (χ0) is 20.5. The first-order valence-electron chi connectivity index (χ1n) is 8.88. The number of rotatable bonds is 6. The highest BCUT2D eigenvalue weighted by molar-refractivity contribution is 6.42. The van der Waals surface area contributed by atoms with Crippen LogP contribution in [0.1, 0.15) is 17.2 Å². The van der Waals surface area contributed by atoms with Crippen LogP contribution in [0.15, 0.2) is 30.3 Å². The molecule has 8 heteroatoms. The molecule has 2 aromatic rings. The zero-order valence-electron chi connectivity index (χ0n) is 15.7. The van der Waals surface area contributed by atoms with Gasteiger partial charge in [-0.05, 0) is 23.8 Å². The normalized spacial score (nSPS) is 14.8. The summed E-state index contributed by atoms with van der Waals surface area (Å²) >= 11 is 12.0. The summed E-state index contributed by atoms with van der Waals surface area (Å²) in [6.07, 6.45) is -0.110. The number of ether oxygens (including phenoxy) is 1. The highest BCUT2D eigenvalue weighted by Crippen LogP contribution is 2.39. The summed E-state index contributed by atoms with van der Waals surface area (Å²) in [5.41, 5.74) is 1.89. The second kappa shape index (κ2) is 8.17. The second-order valence-corrected chi connectivity index (χ2v) is 8.42. The molecule has 1 amide bonds. The number of carbonyl (C=O) groups excluding carboxylic acids is 1. The molecule has 6 nitrogen and oxygen atoms in total. The Hall–Kier alpha value is -1.99. The molecule has 0 fully saturated rings. The Balaban J connectivity index is 1.71. The van der Waals surface area contributed by atoms with E-state index in [1.807, 2.05) is 26.2 Å². The molecule has 3 rings (SSSR count). The lowest BCUT2D eigenvalue weighted by Gasteiger charge is -2.33. The summed E-state index contributed by atoms with van der Waals surface area (Å²) in [6.45, 7) is 1.04. The fourth-order valence-corrected chi connectivity index (χ4v) is 3.57. The van der Waals surface area contributed by atoms with Gasteiger partial charge in [-0.3, -0.25) is 4.79 Å². The second-order valence-electron chi connectivity index (χ2n) is 7.60. The Morgan fingerprint density at radius 1 is 1.21 bits per heavy atom. The fraction of sp³-hybridized carbons (Fsp3) is 0.350. The van der Waals surface area contributed by atoms with E-state index < -0.39 is 6.10 Å². The number of phenolic OH excluding ortho intramolecular Hbond substituents is 1. The number of hydrogen-bond acceptors (Lipinski definition) is 4. The van der Waals surface area contributed by atoms with Gasteiger partial charge in [0, 0.05) is 18.1 Å². The average Bonchev–Trinajstić information content (AvgIpc) is 2.61. The van der Waals surface area contributed by atoms with Crippen molar-refractivity contribution in [3.63, 3.8) is 0 Å². The SMILES string of the molecule is C[N+](C)(CCc1ccc(Cl)c(Cl)c1)CC(O)c1cc(O)cc2c1OCC(=O)N2. The summed E-state index contributed by atoms with van der Waals surface area (Å²) in [4.78, 5) is 11.5. The van der Waals surface area contributed by atoms with Gasteiger partial charge in [-0.25, -0.2) is 0 Å². The average molecular weight is 426 g/mol. The van der Waals surface area contributed by atoms with Gasteiger partial charge in [0.15, 0.2) is 6.61 Å². The van der Waals surface area contributed by atoms with Gasteiger partial charge >= 0.3 is 0 Å². The molecule has 0 saturated heterocycles. The van der Waals surface area contributed by atoms with E-state index in [2.05, 4.69) is 5.32 Å². The largest absolute Gasteiger partial charge is 0.508 e. The van der Waals surface area contributed by atoms with Crippen LogP contribution in [0.3, 0.4) is 0 Å². The number of aliphatic hydroxyl groups is 1. The lowest BCUT2D eigenvalue weighted by Crippen LogP contribution is -2.44. The number of aliphatic hydroxyl groups excluding tert-OH is 1. The number of fused-ring (bicyclic) bond motifs is 1. The molecule has 0 spiro atoms. The van der Waals surface area contributed by atoms with Gasteiger partial charge in [0.25, 0.3) is 5.91 Å². The monoisotopic (exact) mass is 425 g/mol. The van der Waals surface area contributed by atoms with Crippen LogP contribution in [-0.4, -0.2) is 54.4 Å². The molecular formula is C20H23Cl2N2O4+. The predicted molar refractivity (Wildman–Crippen MR) is 109 cm³/mol. The van der Waals surface area contributed by atoms with E-state index in [0.717, 1.165) is 18.5 Å². The van der Waals surface area contributed by atoms with E-state index in [1.165, 1.54) is 12.1 Å². The number of nitrogens with zero attached hydrogens (tertiary/aromatic N) is 1. The summed E-state index contributed by atoms with van der Waals surface area (Å²) < 4.78 is 6.02. The van der Waals surface area contributed by atoms with Crippen LogP contribution in [0.4, 0.5) is 5.69 Å². The van der Waals surface area contributed by atoms with Crippen molar-refractivity contribution in [3.8, 4) is 11.5 Å². The molecule has 3 N–H and O–H groups in total. The maximum atomic E-state index is 11.5. The highest BCUT2D eigenvalue weighted by atomic mass is 35.5. The number of quaternary nitrogens is 1. The van der Waals surface area contributed by atoms with Gasteiger partial charge in [-0.1, -0.05) is 29.3 Å². The Morgan fingerprint density at radius 2 is 1.96 bits per heavy atom. The fourth-order valence-electron chi connectivity index (χ4n) is 3.25. The number of phenols is 1. The molecule has 1 heterocycles. The van der Waals surface area contributed by atoms with Gasteiger partial charge in [-0.15, -0.1) is 0 Å². The van der Waals surface area contributed by atoms with Crippen LogP contribution in [0.25, 0.3) is 0 Å². The van der Waals surface area contributed by atoms with E-state index in [1.54, 1.807) is 6.07 Å². The van der Waals surface area contributed by atoms with Crippen molar-refractivity contribution in [1.29, 1.82) is 0 Å². The lowest BCUT2D eigenvalue weighted by molar-refractivity contribution is -0.893. The van der Waals surface area contributed by atoms with Crippen molar-refractivity contribution in [1.82, 2.24) is 0 Å². The van der Waals surface area contributed by atoms with Crippen molar-refractivity contribution in [2.24, 2.45) is 0 Å². The summed E-state index contributed by atoms with van der Waals surface area (Å²) in [5, 5.41) is 24.5. The standard InChI is InChI=1S/C20H22Cl2N2O4/c1-24(2,6-5-12-3-4-15(21)16(22)7-12)10-18(26)14-8-13(25)9-17-20(14)28-11-19(27)23-17/h3-4,7-9,18,26H,5-6,10-11H2,1-2H3,(H-,23,25,27)/p+1. The number of amides is 1. The van der Waals surface area contributed by atoms with Crippen LogP contribution in [0.5, 0.6) is 11.5 Å². The zero-order valence-corrected chi connectivity index (χ0v) is 17.2. The minimum Gasteiger partial charge on any atom is -0.508 e. The number of hydrogen-bond donors (Lipinski definition) is 3. The summed E-state index contributed by atoms with van der Waals surface area (Å²) in [7, 11) is 4.03. The maximum Gasteiger partial charge on any atom is 0.262 e. The molecule has 1 unspecified atom stereocenters. The van der Waals surface area contributed by atoms with Crippen LogP contribution in [0, 0.1) is 0 Å². The number of benzene rings is 2. The molecule has 1 atom stereocenters. The summed E-state index contributed by atoms with van der Waals surface area (Å²) in [5.74, 6) is 0.0605. The van der Waals surface area contributed by atoms with Crippen molar-refractivity contribution in [3.05, 3.63) is 51.5 Å². The van der Waals surface area contributed by atoms with E-state index in [9.17, 15) is 15.0 Å². The number of anilines is 1. The molecule has 0 saturated carbocycles. The minimum atomic E-state index is -0.875. The maximum absolute atomic E-state index is 11.5. The molecule has 150 valence electrons. The van der Waals surface area contributed by atoms with Crippen molar-refractivity contribution in [2.75, 3.05) is 39.1 Å². The van der Waals surface area contributed by atoms with Gasteiger partial charge in [0.05, 0.1) is 36.4 Å². The van der Waals surface area contributed by atoms with Crippen LogP contribution < -0.4 is 10.1 Å². The van der Waals surface area contributed by atoms with Crippen molar-refractivity contribution < 1.29 is 24.2 Å². The lowest BCUT2D eigenvalue weighted by atomic mass is 10.0. The smallest absolute Gasteiger partial charge is 0.262 e.